The van der Waals surface area contributed by atoms with Crippen molar-refractivity contribution in [1.82, 2.24) is 4.90 Å². The molecule has 5 nitrogen and oxygen atoms in total. The molecule has 0 atom stereocenters. The Bertz CT molecular complexity index is 1310. The van der Waals surface area contributed by atoms with Gasteiger partial charge in [-0.15, -0.1) is 0 Å². The van der Waals surface area contributed by atoms with Gasteiger partial charge in [0.1, 0.15) is 12.4 Å². The number of rotatable bonds is 4. The number of aryl methyl sites for hydroxylation is 1. The fraction of sp³-hybridized carbons (Fsp3) is 0.300. The third-order valence-electron chi connectivity index (χ3n) is 7.21. The number of carbonyl (C=O) groups excluding carboxylic acids is 1. The minimum atomic E-state index is 0.187. The Morgan fingerprint density at radius 2 is 1.77 bits per heavy atom. The van der Waals surface area contributed by atoms with Crippen molar-refractivity contribution in [2.75, 3.05) is 44.3 Å². The molecule has 0 aliphatic carbocycles. The van der Waals surface area contributed by atoms with E-state index < -0.39 is 0 Å². The quantitative estimate of drug-likeness (QED) is 0.559. The zero-order valence-corrected chi connectivity index (χ0v) is 20.1. The molecule has 35 heavy (non-hydrogen) atoms. The lowest BCUT2D eigenvalue weighted by atomic mass is 9.92. The van der Waals surface area contributed by atoms with Gasteiger partial charge in [-0.05, 0) is 64.6 Å². The molecular formula is C30H30N2O3. The van der Waals surface area contributed by atoms with Crippen LogP contribution in [-0.2, 0) is 22.6 Å². The maximum Gasteiger partial charge on any atom is 0.231 e. The topological polar surface area (TPSA) is 42.0 Å². The van der Waals surface area contributed by atoms with Crippen LogP contribution in [0.5, 0.6) is 5.75 Å². The molecule has 1 saturated heterocycles. The average molecular weight is 467 g/mol. The molecule has 3 aromatic carbocycles. The number of nitrogens with zero attached hydrogens (tertiary/aromatic N) is 2. The molecule has 5 heteroatoms. The Hall–Kier alpha value is -3.41. The van der Waals surface area contributed by atoms with Crippen LogP contribution < -0.4 is 9.64 Å². The van der Waals surface area contributed by atoms with Crippen LogP contribution in [0.1, 0.15) is 33.4 Å². The van der Waals surface area contributed by atoms with E-state index in [-0.39, 0.29) is 5.91 Å². The number of anilines is 1. The van der Waals surface area contributed by atoms with Gasteiger partial charge in [0.25, 0.3) is 0 Å². The molecule has 0 radical (unpaired) electrons. The molecule has 0 unspecified atom stereocenters. The lowest BCUT2D eigenvalue weighted by Gasteiger charge is -2.28. The Morgan fingerprint density at radius 1 is 0.914 bits per heavy atom. The Kier molecular flexibility index (Phi) is 5.88. The zero-order chi connectivity index (χ0) is 23.8. The summed E-state index contributed by atoms with van der Waals surface area (Å²) in [4.78, 5) is 17.2. The number of morpholine rings is 1. The van der Waals surface area contributed by atoms with Gasteiger partial charge in [-0.3, -0.25) is 9.69 Å². The monoisotopic (exact) mass is 466 g/mol. The molecule has 0 N–H and O–H groups in total. The predicted molar refractivity (Wildman–Crippen MR) is 139 cm³/mol. The first-order valence-electron chi connectivity index (χ1n) is 12.4. The molecule has 1 fully saturated rings. The second-order valence-corrected chi connectivity index (χ2v) is 9.57. The third-order valence-corrected chi connectivity index (χ3v) is 7.21. The SMILES string of the molecule is Cc1ccc2c(c1)OCc1ccccc1C2=Cc1ccc2c(c1)CC(=O)N2CCN1CCOCC1. The molecule has 0 bridgehead atoms. The van der Waals surface area contributed by atoms with Gasteiger partial charge in [0.2, 0.25) is 5.91 Å². The molecule has 3 aliphatic heterocycles. The molecule has 3 aromatic rings. The van der Waals surface area contributed by atoms with Gasteiger partial charge in [-0.2, -0.15) is 0 Å². The highest BCUT2D eigenvalue weighted by molar-refractivity contribution is 6.02. The first-order chi connectivity index (χ1) is 17.2. The Labute approximate surface area is 206 Å². The summed E-state index contributed by atoms with van der Waals surface area (Å²) < 4.78 is 11.6. The van der Waals surface area contributed by atoms with Crippen molar-refractivity contribution in [2.24, 2.45) is 0 Å². The zero-order valence-electron chi connectivity index (χ0n) is 20.1. The standard InChI is InChI=1S/C30H30N2O3/c1-21-6-8-26-27(25-5-3-2-4-23(25)20-35-29(26)16-21)18-22-7-9-28-24(17-22)19-30(33)32(28)11-10-31-12-14-34-15-13-31/h2-9,16-18H,10-15,19-20H2,1H3. The van der Waals surface area contributed by atoms with E-state index in [9.17, 15) is 4.79 Å². The second kappa shape index (κ2) is 9.33. The summed E-state index contributed by atoms with van der Waals surface area (Å²) in [6.07, 6.45) is 2.70. The molecular weight excluding hydrogens is 436 g/mol. The van der Waals surface area contributed by atoms with E-state index in [4.69, 9.17) is 9.47 Å². The van der Waals surface area contributed by atoms with Crippen LogP contribution in [0.25, 0.3) is 11.6 Å². The van der Waals surface area contributed by atoms with Crippen LogP contribution in [0, 0.1) is 6.92 Å². The van der Waals surface area contributed by atoms with Crippen LogP contribution in [0.4, 0.5) is 5.69 Å². The van der Waals surface area contributed by atoms with Gasteiger partial charge in [-0.1, -0.05) is 42.5 Å². The summed E-state index contributed by atoms with van der Waals surface area (Å²) in [6.45, 7) is 7.69. The van der Waals surface area contributed by atoms with Crippen molar-refractivity contribution in [2.45, 2.75) is 20.0 Å². The van der Waals surface area contributed by atoms with Crippen LogP contribution in [-0.4, -0.2) is 50.2 Å². The minimum absolute atomic E-state index is 0.187. The highest BCUT2D eigenvalue weighted by Crippen LogP contribution is 2.39. The van der Waals surface area contributed by atoms with E-state index in [1.807, 2.05) is 4.90 Å². The van der Waals surface area contributed by atoms with Gasteiger partial charge in [0.15, 0.2) is 0 Å². The maximum absolute atomic E-state index is 12.9. The van der Waals surface area contributed by atoms with E-state index >= 15 is 0 Å². The van der Waals surface area contributed by atoms with Gasteiger partial charge >= 0.3 is 0 Å². The largest absolute Gasteiger partial charge is 0.488 e. The highest BCUT2D eigenvalue weighted by Gasteiger charge is 2.28. The predicted octanol–water partition coefficient (Wildman–Crippen LogP) is 4.70. The third kappa shape index (κ3) is 4.38. The molecule has 1 amide bonds. The normalized spacial score (nSPS) is 18.6. The van der Waals surface area contributed by atoms with Gasteiger partial charge in [-0.25, -0.2) is 0 Å². The smallest absolute Gasteiger partial charge is 0.231 e. The van der Waals surface area contributed by atoms with Crippen LogP contribution in [0.2, 0.25) is 0 Å². The minimum Gasteiger partial charge on any atom is -0.488 e. The van der Waals surface area contributed by atoms with Gasteiger partial charge in [0, 0.05) is 37.4 Å². The first-order valence-corrected chi connectivity index (χ1v) is 12.4. The average Bonchev–Trinajstić information content (AvgIpc) is 3.11. The van der Waals surface area contributed by atoms with Crippen molar-refractivity contribution < 1.29 is 14.3 Å². The van der Waals surface area contributed by atoms with Gasteiger partial charge < -0.3 is 14.4 Å². The summed E-state index contributed by atoms with van der Waals surface area (Å²) >= 11 is 0. The summed E-state index contributed by atoms with van der Waals surface area (Å²) in [6, 6.07) is 21.3. The van der Waals surface area contributed by atoms with Crippen LogP contribution in [0.15, 0.2) is 60.7 Å². The molecule has 0 spiro atoms. The van der Waals surface area contributed by atoms with Gasteiger partial charge in [0.05, 0.1) is 19.6 Å². The van der Waals surface area contributed by atoms with E-state index in [1.165, 1.54) is 16.7 Å². The second-order valence-electron chi connectivity index (χ2n) is 9.57. The fourth-order valence-corrected chi connectivity index (χ4v) is 5.31. The van der Waals surface area contributed by atoms with Crippen molar-refractivity contribution in [3.8, 4) is 5.75 Å². The lowest BCUT2D eigenvalue weighted by molar-refractivity contribution is -0.117. The number of hydrogen-bond donors (Lipinski definition) is 0. The van der Waals surface area contributed by atoms with Crippen LogP contribution >= 0.6 is 0 Å². The molecule has 3 aliphatic rings. The summed E-state index contributed by atoms with van der Waals surface area (Å²) in [5.74, 6) is 1.10. The molecule has 0 saturated carbocycles. The molecule has 0 aromatic heterocycles. The number of fused-ring (bicyclic) bond motifs is 3. The number of ether oxygens (including phenoxy) is 2. The molecule has 6 rings (SSSR count). The summed E-state index contributed by atoms with van der Waals surface area (Å²) in [7, 11) is 0. The summed E-state index contributed by atoms with van der Waals surface area (Å²) in [5, 5.41) is 0. The van der Waals surface area contributed by atoms with Crippen molar-refractivity contribution in [1.29, 1.82) is 0 Å². The van der Waals surface area contributed by atoms with E-state index in [1.54, 1.807) is 0 Å². The number of benzene rings is 3. The fourth-order valence-electron chi connectivity index (χ4n) is 5.31. The maximum atomic E-state index is 12.9. The highest BCUT2D eigenvalue weighted by atomic mass is 16.5. The van der Waals surface area contributed by atoms with Crippen molar-refractivity contribution in [3.63, 3.8) is 0 Å². The number of amides is 1. The van der Waals surface area contributed by atoms with E-state index in [0.717, 1.165) is 73.1 Å². The molecule has 3 heterocycles. The Morgan fingerprint density at radius 3 is 2.66 bits per heavy atom. The lowest BCUT2D eigenvalue weighted by Crippen LogP contribution is -2.42. The number of hydrogen-bond acceptors (Lipinski definition) is 4. The number of carbonyl (C=O) groups is 1. The van der Waals surface area contributed by atoms with Crippen molar-refractivity contribution >= 4 is 23.2 Å². The Balaban J connectivity index is 1.33. The van der Waals surface area contributed by atoms with Crippen molar-refractivity contribution in [3.05, 3.63) is 94.0 Å². The van der Waals surface area contributed by atoms with E-state index in [2.05, 4.69) is 78.6 Å². The summed E-state index contributed by atoms with van der Waals surface area (Å²) in [5.41, 5.74) is 9.06. The first kappa shape index (κ1) is 22.1. The molecule has 178 valence electrons. The van der Waals surface area contributed by atoms with E-state index in [0.29, 0.717) is 13.0 Å². The van der Waals surface area contributed by atoms with Crippen LogP contribution in [0.3, 0.4) is 0 Å².